The van der Waals surface area contributed by atoms with E-state index in [2.05, 4.69) is 20.4 Å². The lowest BCUT2D eigenvalue weighted by atomic mass is 10.1. The van der Waals surface area contributed by atoms with Gasteiger partial charge in [0.1, 0.15) is 12.4 Å². The fourth-order valence-electron chi connectivity index (χ4n) is 2.65. The van der Waals surface area contributed by atoms with Crippen LogP contribution in [-0.2, 0) is 11.3 Å². The Kier molecular flexibility index (Phi) is 5.21. The Hall–Kier alpha value is -3.72. The Labute approximate surface area is 168 Å². The minimum Gasteiger partial charge on any atom is -0.300 e. The molecule has 9 heteroatoms. The van der Waals surface area contributed by atoms with Gasteiger partial charge >= 0.3 is 0 Å². The van der Waals surface area contributed by atoms with Gasteiger partial charge in [-0.25, -0.2) is 14.1 Å². The van der Waals surface area contributed by atoms with Gasteiger partial charge in [-0.05, 0) is 30.3 Å². The van der Waals surface area contributed by atoms with Gasteiger partial charge in [0.2, 0.25) is 5.91 Å². The van der Waals surface area contributed by atoms with Crippen LogP contribution in [0.4, 0.5) is 9.52 Å². The summed E-state index contributed by atoms with van der Waals surface area (Å²) in [5.74, 6) is -0.919. The normalized spacial score (nSPS) is 10.7. The molecule has 4 rings (SSSR count). The number of carbonyl (C=O) groups is 1. The Morgan fingerprint density at radius 1 is 1.10 bits per heavy atom. The summed E-state index contributed by atoms with van der Waals surface area (Å²) in [6.45, 7) is -0.317. The van der Waals surface area contributed by atoms with E-state index in [0.29, 0.717) is 10.8 Å². The van der Waals surface area contributed by atoms with Crippen molar-refractivity contribution in [3.63, 3.8) is 0 Å². The predicted octanol–water partition coefficient (Wildman–Crippen LogP) is 3.21. The molecule has 0 saturated carbocycles. The molecule has 0 atom stereocenters. The number of hydrogen-bond donors (Lipinski definition) is 1. The molecule has 0 radical (unpaired) electrons. The van der Waals surface area contributed by atoms with Crippen molar-refractivity contribution in [3.8, 4) is 22.5 Å². The van der Waals surface area contributed by atoms with Gasteiger partial charge in [0.05, 0.1) is 11.4 Å². The van der Waals surface area contributed by atoms with Gasteiger partial charge in [0, 0.05) is 35.0 Å². The van der Waals surface area contributed by atoms with Gasteiger partial charge in [-0.2, -0.15) is 5.10 Å². The van der Waals surface area contributed by atoms with Gasteiger partial charge in [0.25, 0.3) is 5.56 Å². The first-order chi connectivity index (χ1) is 14.1. The van der Waals surface area contributed by atoms with Crippen LogP contribution < -0.4 is 10.9 Å². The first-order valence-electron chi connectivity index (χ1n) is 8.59. The zero-order chi connectivity index (χ0) is 20.2. The molecule has 1 amide bonds. The first kappa shape index (κ1) is 18.6. The number of halogens is 1. The molecule has 3 aromatic heterocycles. The van der Waals surface area contributed by atoms with E-state index in [4.69, 9.17) is 0 Å². The zero-order valence-corrected chi connectivity index (χ0v) is 15.8. The molecule has 0 spiro atoms. The van der Waals surface area contributed by atoms with E-state index in [-0.39, 0.29) is 17.8 Å². The molecule has 0 aliphatic rings. The molecular formula is C20H14FN5O2S. The van der Waals surface area contributed by atoms with Gasteiger partial charge in [-0.15, -0.1) is 11.3 Å². The molecule has 0 aliphatic heterocycles. The molecule has 0 saturated heterocycles. The molecule has 29 heavy (non-hydrogen) atoms. The topological polar surface area (TPSA) is 89.8 Å². The van der Waals surface area contributed by atoms with Gasteiger partial charge < -0.3 is 5.32 Å². The van der Waals surface area contributed by atoms with Crippen LogP contribution in [0, 0.1) is 5.82 Å². The Morgan fingerprint density at radius 3 is 2.76 bits per heavy atom. The van der Waals surface area contributed by atoms with E-state index in [0.717, 1.165) is 10.2 Å². The lowest BCUT2D eigenvalue weighted by Gasteiger charge is -2.07. The highest BCUT2D eigenvalue weighted by Gasteiger charge is 2.12. The largest absolute Gasteiger partial charge is 0.300 e. The zero-order valence-electron chi connectivity index (χ0n) is 14.9. The number of aromatic nitrogens is 4. The van der Waals surface area contributed by atoms with Gasteiger partial charge in [0.15, 0.2) is 5.13 Å². The van der Waals surface area contributed by atoms with Crippen molar-refractivity contribution < 1.29 is 9.18 Å². The third-order valence-electron chi connectivity index (χ3n) is 4.02. The van der Waals surface area contributed by atoms with E-state index < -0.39 is 17.3 Å². The SMILES string of the molecule is O=C(Cn1nc(-c2ccccc2F)ccc1=O)Nc1nc(-c2cccnc2)cs1. The monoisotopic (exact) mass is 407 g/mol. The second-order valence-electron chi connectivity index (χ2n) is 6.02. The molecule has 3 heterocycles. The Morgan fingerprint density at radius 2 is 1.97 bits per heavy atom. The quantitative estimate of drug-likeness (QED) is 0.549. The summed E-state index contributed by atoms with van der Waals surface area (Å²) in [6, 6.07) is 12.4. The summed E-state index contributed by atoms with van der Waals surface area (Å²) < 4.78 is 15.0. The van der Waals surface area contributed by atoms with Crippen molar-refractivity contribution >= 4 is 22.4 Å². The second-order valence-corrected chi connectivity index (χ2v) is 6.88. The van der Waals surface area contributed by atoms with E-state index in [1.807, 2.05) is 6.07 Å². The average Bonchev–Trinajstić information content (AvgIpc) is 3.19. The number of amides is 1. The molecule has 4 aromatic rings. The molecule has 0 unspecified atom stereocenters. The summed E-state index contributed by atoms with van der Waals surface area (Å²) in [4.78, 5) is 32.8. The van der Waals surface area contributed by atoms with Crippen molar-refractivity contribution in [2.45, 2.75) is 6.54 Å². The van der Waals surface area contributed by atoms with E-state index in [9.17, 15) is 14.0 Å². The summed E-state index contributed by atoms with van der Waals surface area (Å²) >= 11 is 1.26. The average molecular weight is 407 g/mol. The maximum absolute atomic E-state index is 14.0. The standard InChI is InChI=1S/C20H14FN5O2S/c21-15-6-2-1-5-14(15)16-7-8-19(28)26(25-16)11-18(27)24-20-23-17(12-29-20)13-4-3-9-22-10-13/h1-10,12H,11H2,(H,23,24,27). The molecular weight excluding hydrogens is 393 g/mol. The predicted molar refractivity (Wildman–Crippen MR) is 108 cm³/mol. The van der Waals surface area contributed by atoms with Crippen LogP contribution in [0.3, 0.4) is 0 Å². The fourth-order valence-corrected chi connectivity index (χ4v) is 3.38. The first-order valence-corrected chi connectivity index (χ1v) is 9.47. The fraction of sp³-hybridized carbons (Fsp3) is 0.0500. The number of nitrogens with zero attached hydrogens (tertiary/aromatic N) is 4. The maximum atomic E-state index is 14.0. The van der Waals surface area contributed by atoms with E-state index >= 15 is 0 Å². The van der Waals surface area contributed by atoms with Crippen molar-refractivity contribution in [2.75, 3.05) is 5.32 Å². The van der Waals surface area contributed by atoms with Crippen LogP contribution >= 0.6 is 11.3 Å². The second kappa shape index (κ2) is 8.11. The van der Waals surface area contributed by atoms with Crippen LogP contribution in [0.1, 0.15) is 0 Å². The Balaban J connectivity index is 1.50. The van der Waals surface area contributed by atoms with Crippen LogP contribution in [-0.4, -0.2) is 25.7 Å². The highest BCUT2D eigenvalue weighted by Crippen LogP contribution is 2.24. The van der Waals surface area contributed by atoms with Crippen molar-refractivity contribution in [2.24, 2.45) is 0 Å². The molecule has 144 valence electrons. The smallest absolute Gasteiger partial charge is 0.267 e. The van der Waals surface area contributed by atoms with E-state index in [1.165, 1.54) is 29.5 Å². The van der Waals surface area contributed by atoms with Crippen LogP contribution in [0.15, 0.2) is 71.1 Å². The number of rotatable bonds is 5. The number of nitrogens with one attached hydrogen (secondary N) is 1. The number of benzene rings is 1. The van der Waals surface area contributed by atoms with Crippen LogP contribution in [0.5, 0.6) is 0 Å². The maximum Gasteiger partial charge on any atom is 0.267 e. The third kappa shape index (κ3) is 4.25. The van der Waals surface area contributed by atoms with Crippen molar-refractivity contribution in [1.82, 2.24) is 19.7 Å². The number of hydrogen-bond acceptors (Lipinski definition) is 6. The minimum absolute atomic E-state index is 0.252. The van der Waals surface area contributed by atoms with Crippen molar-refractivity contribution in [3.05, 3.63) is 82.5 Å². The molecule has 7 nitrogen and oxygen atoms in total. The number of carbonyl (C=O) groups excluding carboxylic acids is 1. The highest BCUT2D eigenvalue weighted by molar-refractivity contribution is 7.14. The van der Waals surface area contributed by atoms with E-state index in [1.54, 1.807) is 42.0 Å². The van der Waals surface area contributed by atoms with Crippen LogP contribution in [0.25, 0.3) is 22.5 Å². The summed E-state index contributed by atoms with van der Waals surface area (Å²) in [5, 5.41) is 8.97. The highest BCUT2D eigenvalue weighted by atomic mass is 32.1. The number of anilines is 1. The molecule has 0 fully saturated rings. The summed E-state index contributed by atoms with van der Waals surface area (Å²) in [6.07, 6.45) is 3.34. The lowest BCUT2D eigenvalue weighted by Crippen LogP contribution is -2.29. The lowest BCUT2D eigenvalue weighted by molar-refractivity contribution is -0.117. The van der Waals surface area contributed by atoms with Crippen LogP contribution in [0.2, 0.25) is 0 Å². The third-order valence-corrected chi connectivity index (χ3v) is 4.78. The number of pyridine rings is 1. The molecule has 1 N–H and O–H groups in total. The van der Waals surface area contributed by atoms with Gasteiger partial charge in [-0.3, -0.25) is 14.6 Å². The molecule has 0 aliphatic carbocycles. The van der Waals surface area contributed by atoms with Gasteiger partial charge in [-0.1, -0.05) is 12.1 Å². The Bertz CT molecular complexity index is 1220. The summed E-state index contributed by atoms with van der Waals surface area (Å²) in [5.41, 5.74) is 1.58. The molecule has 0 bridgehead atoms. The van der Waals surface area contributed by atoms with Crippen molar-refractivity contribution in [1.29, 1.82) is 0 Å². The number of thiazole rings is 1. The minimum atomic E-state index is -0.463. The molecule has 1 aromatic carbocycles. The summed E-state index contributed by atoms with van der Waals surface area (Å²) in [7, 11) is 0.